The molecule has 12 heavy (non-hydrogen) atoms. The van der Waals surface area contributed by atoms with Crippen LogP contribution in [-0.4, -0.2) is 18.2 Å². The molecule has 3 heteroatoms. The first-order chi connectivity index (χ1) is 5.58. The van der Waals surface area contributed by atoms with Crippen LogP contribution in [0.2, 0.25) is 0 Å². The van der Waals surface area contributed by atoms with Crippen molar-refractivity contribution in [2.24, 2.45) is 11.5 Å². The summed E-state index contributed by atoms with van der Waals surface area (Å²) in [5.41, 5.74) is 10.8. The van der Waals surface area contributed by atoms with Crippen LogP contribution in [0.25, 0.3) is 0 Å². The minimum Gasteiger partial charge on any atom is -0.314 e. The van der Waals surface area contributed by atoms with E-state index >= 15 is 0 Å². The molecule has 1 saturated carbocycles. The van der Waals surface area contributed by atoms with E-state index in [1.807, 2.05) is 6.92 Å². The molecule has 0 aromatic heterocycles. The first kappa shape index (κ1) is 9.96. The van der Waals surface area contributed by atoms with Crippen LogP contribution in [-0.2, 0) is 0 Å². The molecule has 0 atom stereocenters. The average Bonchev–Trinajstić information content (AvgIpc) is 2.36. The van der Waals surface area contributed by atoms with Gasteiger partial charge in [0.1, 0.15) is 0 Å². The van der Waals surface area contributed by atoms with Crippen LogP contribution in [0.3, 0.4) is 0 Å². The molecule has 0 spiro atoms. The summed E-state index contributed by atoms with van der Waals surface area (Å²) >= 11 is 0. The molecule has 0 aromatic rings. The van der Waals surface area contributed by atoms with Crippen molar-refractivity contribution in [3.05, 3.63) is 0 Å². The van der Waals surface area contributed by atoms with Gasteiger partial charge in [-0.1, -0.05) is 12.8 Å². The van der Waals surface area contributed by atoms with Crippen LogP contribution in [0.1, 0.15) is 39.0 Å². The molecule has 0 radical (unpaired) electrons. The van der Waals surface area contributed by atoms with E-state index in [1.165, 1.54) is 25.7 Å². The second-order valence-corrected chi connectivity index (χ2v) is 4.19. The van der Waals surface area contributed by atoms with E-state index in [9.17, 15) is 0 Å². The molecule has 0 saturated heterocycles. The number of rotatable bonds is 4. The Morgan fingerprint density at radius 1 is 1.33 bits per heavy atom. The molecule has 72 valence electrons. The zero-order valence-corrected chi connectivity index (χ0v) is 7.97. The van der Waals surface area contributed by atoms with E-state index in [2.05, 4.69) is 5.32 Å². The van der Waals surface area contributed by atoms with Crippen molar-refractivity contribution >= 4 is 0 Å². The van der Waals surface area contributed by atoms with Gasteiger partial charge in [-0.2, -0.15) is 0 Å². The lowest BCUT2D eigenvalue weighted by atomic mass is 10.1. The lowest BCUT2D eigenvalue weighted by Gasteiger charge is -2.20. The van der Waals surface area contributed by atoms with Crippen LogP contribution in [0.5, 0.6) is 0 Å². The Hall–Kier alpha value is -0.120. The topological polar surface area (TPSA) is 64.1 Å². The first-order valence-electron chi connectivity index (χ1n) is 4.89. The SMILES string of the molecule is CC(N)(N)CCNC1CCCC1. The Kier molecular flexibility index (Phi) is 3.50. The molecule has 0 aliphatic heterocycles. The van der Waals surface area contributed by atoms with Gasteiger partial charge >= 0.3 is 0 Å². The molecule has 0 bridgehead atoms. The molecule has 5 N–H and O–H groups in total. The van der Waals surface area contributed by atoms with Crippen molar-refractivity contribution in [1.82, 2.24) is 5.32 Å². The van der Waals surface area contributed by atoms with Gasteiger partial charge in [0.15, 0.2) is 0 Å². The summed E-state index contributed by atoms with van der Waals surface area (Å²) in [7, 11) is 0. The summed E-state index contributed by atoms with van der Waals surface area (Å²) in [6.07, 6.45) is 6.25. The summed E-state index contributed by atoms with van der Waals surface area (Å²) in [5, 5.41) is 3.48. The van der Waals surface area contributed by atoms with Crippen molar-refractivity contribution in [2.75, 3.05) is 6.54 Å². The largest absolute Gasteiger partial charge is 0.314 e. The van der Waals surface area contributed by atoms with E-state index in [0.717, 1.165) is 19.0 Å². The molecule has 1 fully saturated rings. The summed E-state index contributed by atoms with van der Waals surface area (Å²) in [4.78, 5) is 0. The lowest BCUT2D eigenvalue weighted by molar-refractivity contribution is 0.410. The predicted octanol–water partition coefficient (Wildman–Crippen LogP) is 0.542. The molecule has 3 nitrogen and oxygen atoms in total. The van der Waals surface area contributed by atoms with Gasteiger partial charge in [0.25, 0.3) is 0 Å². The molecule has 1 aliphatic carbocycles. The molecule has 0 aromatic carbocycles. The first-order valence-corrected chi connectivity index (χ1v) is 4.89. The van der Waals surface area contributed by atoms with E-state index in [0.29, 0.717) is 0 Å². The van der Waals surface area contributed by atoms with E-state index in [1.54, 1.807) is 0 Å². The van der Waals surface area contributed by atoms with Crippen LogP contribution < -0.4 is 16.8 Å². The third kappa shape index (κ3) is 4.04. The monoisotopic (exact) mass is 171 g/mol. The average molecular weight is 171 g/mol. The summed E-state index contributed by atoms with van der Waals surface area (Å²) < 4.78 is 0. The zero-order chi connectivity index (χ0) is 9.03. The van der Waals surface area contributed by atoms with Crippen molar-refractivity contribution in [2.45, 2.75) is 50.7 Å². The standard InChI is InChI=1S/C9H21N3/c1-9(10,11)6-7-12-8-4-2-3-5-8/h8,12H,2-7,10-11H2,1H3. The van der Waals surface area contributed by atoms with Crippen molar-refractivity contribution in [1.29, 1.82) is 0 Å². The molecular weight excluding hydrogens is 150 g/mol. The predicted molar refractivity (Wildman–Crippen MR) is 51.7 cm³/mol. The Balaban J connectivity index is 2.02. The molecule has 1 rings (SSSR count). The molecule has 0 amide bonds. The number of nitrogens with one attached hydrogen (secondary N) is 1. The van der Waals surface area contributed by atoms with Crippen LogP contribution in [0, 0.1) is 0 Å². The van der Waals surface area contributed by atoms with Crippen LogP contribution in [0.15, 0.2) is 0 Å². The highest BCUT2D eigenvalue weighted by Gasteiger charge is 2.15. The fraction of sp³-hybridized carbons (Fsp3) is 1.00. The summed E-state index contributed by atoms with van der Waals surface area (Å²) in [6.45, 7) is 2.82. The van der Waals surface area contributed by atoms with Crippen molar-refractivity contribution in [3.8, 4) is 0 Å². The molecule has 0 unspecified atom stereocenters. The normalized spacial score (nSPS) is 20.2. The van der Waals surface area contributed by atoms with Crippen LogP contribution in [0.4, 0.5) is 0 Å². The maximum Gasteiger partial charge on any atom is 0.0619 e. The van der Waals surface area contributed by atoms with Gasteiger partial charge in [-0.15, -0.1) is 0 Å². The fourth-order valence-corrected chi connectivity index (χ4v) is 1.68. The lowest BCUT2D eigenvalue weighted by Crippen LogP contribution is -2.48. The Bertz CT molecular complexity index is 122. The van der Waals surface area contributed by atoms with Gasteiger partial charge in [-0.3, -0.25) is 0 Å². The Labute approximate surface area is 74.9 Å². The maximum atomic E-state index is 5.66. The summed E-state index contributed by atoms with van der Waals surface area (Å²) in [6, 6.07) is 0.729. The van der Waals surface area contributed by atoms with Gasteiger partial charge in [0, 0.05) is 6.04 Å². The summed E-state index contributed by atoms with van der Waals surface area (Å²) in [5.74, 6) is 0. The number of hydrogen-bond acceptors (Lipinski definition) is 3. The second-order valence-electron chi connectivity index (χ2n) is 4.19. The minimum atomic E-state index is -0.508. The highest BCUT2D eigenvalue weighted by molar-refractivity contribution is 4.76. The minimum absolute atomic E-state index is 0.508. The van der Waals surface area contributed by atoms with E-state index < -0.39 is 5.66 Å². The third-order valence-corrected chi connectivity index (χ3v) is 2.45. The molecule has 1 aliphatic rings. The van der Waals surface area contributed by atoms with Crippen molar-refractivity contribution in [3.63, 3.8) is 0 Å². The van der Waals surface area contributed by atoms with E-state index in [-0.39, 0.29) is 0 Å². The Morgan fingerprint density at radius 3 is 2.42 bits per heavy atom. The quantitative estimate of drug-likeness (QED) is 0.541. The number of nitrogens with two attached hydrogens (primary N) is 2. The van der Waals surface area contributed by atoms with Gasteiger partial charge in [-0.25, -0.2) is 0 Å². The van der Waals surface area contributed by atoms with Gasteiger partial charge in [-0.05, 0) is 32.7 Å². The Morgan fingerprint density at radius 2 is 1.92 bits per heavy atom. The maximum absolute atomic E-state index is 5.66. The third-order valence-electron chi connectivity index (χ3n) is 2.45. The van der Waals surface area contributed by atoms with Gasteiger partial charge in [0.2, 0.25) is 0 Å². The zero-order valence-electron chi connectivity index (χ0n) is 7.97. The number of hydrogen-bond donors (Lipinski definition) is 3. The second kappa shape index (κ2) is 4.21. The van der Waals surface area contributed by atoms with Gasteiger partial charge in [0.05, 0.1) is 5.66 Å². The van der Waals surface area contributed by atoms with Crippen LogP contribution >= 0.6 is 0 Å². The highest BCUT2D eigenvalue weighted by Crippen LogP contribution is 2.17. The molecular formula is C9H21N3. The molecule has 0 heterocycles. The van der Waals surface area contributed by atoms with Crippen molar-refractivity contribution < 1.29 is 0 Å². The van der Waals surface area contributed by atoms with E-state index in [4.69, 9.17) is 11.5 Å². The fourth-order valence-electron chi connectivity index (χ4n) is 1.68. The van der Waals surface area contributed by atoms with Gasteiger partial charge < -0.3 is 16.8 Å². The highest BCUT2D eigenvalue weighted by atomic mass is 15.0. The smallest absolute Gasteiger partial charge is 0.0619 e.